The summed E-state index contributed by atoms with van der Waals surface area (Å²) < 4.78 is 4.62. The Morgan fingerprint density at radius 3 is 2.59 bits per heavy atom. The number of rotatable bonds is 2. The van der Waals surface area contributed by atoms with Gasteiger partial charge in [0.15, 0.2) is 5.71 Å². The summed E-state index contributed by atoms with van der Waals surface area (Å²) in [4.78, 5) is 2.49. The molecule has 0 fully saturated rings. The number of anilines is 1. The molecule has 2 aromatic carbocycles. The summed E-state index contributed by atoms with van der Waals surface area (Å²) >= 11 is 0. The van der Waals surface area contributed by atoms with Gasteiger partial charge in [-0.2, -0.15) is 5.10 Å². The molecule has 34 heavy (non-hydrogen) atoms. The van der Waals surface area contributed by atoms with E-state index in [0.29, 0.717) is 11.8 Å². The lowest BCUT2D eigenvalue weighted by Crippen LogP contribution is -2.77. The van der Waals surface area contributed by atoms with Crippen molar-refractivity contribution in [3.8, 4) is 0 Å². The average Bonchev–Trinajstić information content (AvgIpc) is 2.88. The molecule has 3 aliphatic heterocycles. The van der Waals surface area contributed by atoms with E-state index in [0.717, 1.165) is 35.6 Å². The molecule has 2 aliphatic carbocycles. The van der Waals surface area contributed by atoms with E-state index >= 15 is 0 Å². The maximum absolute atomic E-state index is 5.36. The molecule has 6 nitrogen and oxygen atoms in total. The standard InChI is InChI=1S/C28H28N6/c1-31-26-20-11-9-17-24(26)29-33(22-13-5-3-6-14-22)28(31)32(2)27-21(19-20)12-10-18-25(27)30-34(28)23-15-7-4-8-16-23/h3-11,13-18,20-21,26H,12,19H2,1-2H3/q+2/t20?,21?,26?,28-/m0/s1. The van der Waals surface area contributed by atoms with E-state index in [4.69, 9.17) is 10.2 Å². The molecule has 3 unspecified atom stereocenters. The van der Waals surface area contributed by atoms with Crippen molar-refractivity contribution in [3.05, 3.63) is 96.7 Å². The first-order valence-corrected chi connectivity index (χ1v) is 12.1. The Balaban J connectivity index is 1.61. The molecule has 0 saturated carbocycles. The van der Waals surface area contributed by atoms with Gasteiger partial charge >= 0.3 is 5.91 Å². The molecule has 5 aliphatic rings. The summed E-state index contributed by atoms with van der Waals surface area (Å²) in [6.07, 6.45) is 13.4. The van der Waals surface area contributed by atoms with Crippen LogP contribution in [0.5, 0.6) is 0 Å². The van der Waals surface area contributed by atoms with Crippen molar-refractivity contribution in [2.75, 3.05) is 19.1 Å². The molecule has 7 rings (SSSR count). The summed E-state index contributed by atoms with van der Waals surface area (Å²) in [6.45, 7) is 0. The van der Waals surface area contributed by atoms with Crippen LogP contribution < -0.4 is 5.01 Å². The van der Waals surface area contributed by atoms with Gasteiger partial charge in [0, 0.05) is 29.0 Å². The van der Waals surface area contributed by atoms with E-state index < -0.39 is 5.91 Å². The molecule has 4 atom stereocenters. The molecule has 0 N–H and O–H groups in total. The number of para-hydroxylation sites is 2. The van der Waals surface area contributed by atoms with Gasteiger partial charge in [-0.25, -0.2) is 0 Å². The number of hydrogen-bond donors (Lipinski definition) is 0. The maximum atomic E-state index is 5.36. The molecule has 1 spiro atoms. The van der Waals surface area contributed by atoms with Gasteiger partial charge in [-0.05, 0) is 43.0 Å². The van der Waals surface area contributed by atoms with Crippen LogP contribution in [0.3, 0.4) is 0 Å². The average molecular weight is 449 g/mol. The van der Waals surface area contributed by atoms with E-state index in [1.54, 1.807) is 0 Å². The summed E-state index contributed by atoms with van der Waals surface area (Å²) in [7, 11) is 4.46. The van der Waals surface area contributed by atoms with Gasteiger partial charge in [-0.15, -0.1) is 14.5 Å². The third-order valence-electron chi connectivity index (χ3n) is 7.93. The van der Waals surface area contributed by atoms with E-state index in [1.807, 2.05) is 0 Å². The molecular formula is C28H28N6+2. The van der Waals surface area contributed by atoms with Gasteiger partial charge < -0.3 is 0 Å². The van der Waals surface area contributed by atoms with Crippen molar-refractivity contribution in [2.45, 2.75) is 24.8 Å². The minimum absolute atomic E-state index is 0.169. The SMILES string of the molecule is CN1C2C3=CC=CC2CC2CC=CC4=NN(c5ccccc5)[C@]1([N+](c1ccccc1)=N3)[N+](C)=C42. The highest BCUT2D eigenvalue weighted by Crippen LogP contribution is 2.47. The number of nitrogens with zero attached hydrogens (tertiary/aromatic N) is 6. The lowest BCUT2D eigenvalue weighted by molar-refractivity contribution is -0.846. The highest BCUT2D eigenvalue weighted by atomic mass is 15.8. The molecule has 3 heterocycles. The highest BCUT2D eigenvalue weighted by molar-refractivity contribution is 6.46. The molecule has 0 saturated heterocycles. The smallest absolute Gasteiger partial charge is 0.153 e. The van der Waals surface area contributed by atoms with E-state index in [1.165, 1.54) is 5.71 Å². The Kier molecular flexibility index (Phi) is 4.18. The monoisotopic (exact) mass is 448 g/mol. The summed E-state index contributed by atoms with van der Waals surface area (Å²) in [5, 5.41) is 12.9. The van der Waals surface area contributed by atoms with Crippen LogP contribution in [0.1, 0.15) is 12.8 Å². The zero-order valence-electron chi connectivity index (χ0n) is 19.5. The number of azo groups is 2. The molecule has 0 aromatic heterocycles. The first kappa shape index (κ1) is 19.8. The lowest BCUT2D eigenvalue weighted by atomic mass is 9.76. The Morgan fingerprint density at radius 2 is 1.79 bits per heavy atom. The summed E-state index contributed by atoms with van der Waals surface area (Å²) in [6, 6.07) is 21.2. The number of likely N-dealkylation sites (N-methyl/N-ethyl adjacent to an activating group) is 1. The fraction of sp³-hybridized carbons (Fsp3) is 0.286. The number of hydrogen-bond acceptors (Lipinski definition) is 4. The van der Waals surface area contributed by atoms with Crippen LogP contribution in [0.15, 0.2) is 107 Å². The van der Waals surface area contributed by atoms with Crippen molar-refractivity contribution in [2.24, 2.45) is 22.1 Å². The highest BCUT2D eigenvalue weighted by Gasteiger charge is 2.72. The fourth-order valence-electron chi connectivity index (χ4n) is 6.54. The first-order valence-electron chi connectivity index (χ1n) is 12.1. The topological polar surface area (TPSA) is 37.2 Å². The largest absolute Gasteiger partial charge is 0.559 e. The Labute approximate surface area is 199 Å². The fourth-order valence-corrected chi connectivity index (χ4v) is 6.54. The molecular weight excluding hydrogens is 420 g/mol. The zero-order valence-corrected chi connectivity index (χ0v) is 19.5. The van der Waals surface area contributed by atoms with Crippen molar-refractivity contribution < 1.29 is 9.27 Å². The Morgan fingerprint density at radius 1 is 1.03 bits per heavy atom. The van der Waals surface area contributed by atoms with Crippen molar-refractivity contribution >= 4 is 22.8 Å². The van der Waals surface area contributed by atoms with Crippen molar-refractivity contribution in [3.63, 3.8) is 0 Å². The van der Waals surface area contributed by atoms with Gasteiger partial charge in [0.25, 0.3) is 0 Å². The van der Waals surface area contributed by atoms with Gasteiger partial charge in [0.1, 0.15) is 12.7 Å². The van der Waals surface area contributed by atoms with Gasteiger partial charge in [-0.3, -0.25) is 0 Å². The van der Waals surface area contributed by atoms with Crippen molar-refractivity contribution in [1.82, 2.24) is 4.90 Å². The third-order valence-corrected chi connectivity index (χ3v) is 7.93. The minimum Gasteiger partial charge on any atom is -0.153 e. The van der Waals surface area contributed by atoms with Gasteiger partial charge in [0.2, 0.25) is 11.4 Å². The van der Waals surface area contributed by atoms with Crippen LogP contribution in [-0.2, 0) is 0 Å². The van der Waals surface area contributed by atoms with E-state index in [-0.39, 0.29) is 6.04 Å². The van der Waals surface area contributed by atoms with Gasteiger partial charge in [0.05, 0.1) is 17.6 Å². The lowest BCUT2D eigenvalue weighted by Gasteiger charge is -2.49. The number of hydrazone groups is 1. The predicted molar refractivity (Wildman–Crippen MR) is 133 cm³/mol. The van der Waals surface area contributed by atoms with Crippen LogP contribution >= 0.6 is 0 Å². The van der Waals surface area contributed by atoms with Crippen LogP contribution in [0.2, 0.25) is 0 Å². The molecule has 2 aromatic rings. The normalized spacial score (nSPS) is 31.4. The second-order valence-corrected chi connectivity index (χ2v) is 9.69. The van der Waals surface area contributed by atoms with Crippen LogP contribution in [0.4, 0.5) is 11.4 Å². The number of allylic oxidation sites excluding steroid dienone is 4. The molecule has 6 heteroatoms. The van der Waals surface area contributed by atoms with Gasteiger partial charge in [-0.1, -0.05) is 54.6 Å². The summed E-state index contributed by atoms with van der Waals surface area (Å²) in [5.41, 5.74) is 5.54. The molecule has 0 amide bonds. The van der Waals surface area contributed by atoms with Crippen LogP contribution in [-0.4, -0.2) is 51.6 Å². The Bertz CT molecular complexity index is 1350. The zero-order chi connectivity index (χ0) is 22.9. The van der Waals surface area contributed by atoms with Crippen molar-refractivity contribution in [1.29, 1.82) is 0 Å². The summed E-state index contributed by atoms with van der Waals surface area (Å²) in [5.74, 6) is 0.0480. The van der Waals surface area contributed by atoms with E-state index in [9.17, 15) is 0 Å². The van der Waals surface area contributed by atoms with Crippen LogP contribution in [0.25, 0.3) is 0 Å². The quantitative estimate of drug-likeness (QED) is 0.624. The second kappa shape index (κ2) is 7.18. The molecule has 168 valence electrons. The van der Waals surface area contributed by atoms with E-state index in [2.05, 4.69) is 124 Å². The molecule has 0 radical (unpaired) electrons. The predicted octanol–water partition coefficient (Wildman–Crippen LogP) is 4.72. The number of benzene rings is 2. The first-order chi connectivity index (χ1) is 16.7. The van der Waals surface area contributed by atoms with Crippen LogP contribution in [0, 0.1) is 11.8 Å². The molecule has 3 bridgehead atoms. The second-order valence-electron chi connectivity index (χ2n) is 9.69. The third kappa shape index (κ3) is 2.49. The Hall–Kier alpha value is -3.64. The minimum atomic E-state index is -0.767. The maximum Gasteiger partial charge on any atom is 0.559 e.